The van der Waals surface area contributed by atoms with Gasteiger partial charge in [0.05, 0.1) is 5.69 Å². The van der Waals surface area contributed by atoms with Crippen molar-refractivity contribution in [3.05, 3.63) is 30.3 Å². The van der Waals surface area contributed by atoms with Gasteiger partial charge >= 0.3 is 0 Å². The maximum absolute atomic E-state index is 12.0. The van der Waals surface area contributed by atoms with Crippen molar-refractivity contribution in [1.82, 2.24) is 5.32 Å². The van der Waals surface area contributed by atoms with Crippen LogP contribution >= 0.6 is 11.8 Å². The lowest BCUT2D eigenvalue weighted by molar-refractivity contribution is -0.121. The molecule has 0 radical (unpaired) electrons. The second kappa shape index (κ2) is 11.3. The largest absolute Gasteiger partial charge is 0.356 e. The average molecular weight is 401 g/mol. The summed E-state index contributed by atoms with van der Waals surface area (Å²) in [6, 6.07) is 9.94. The molecule has 0 aliphatic carbocycles. The van der Waals surface area contributed by atoms with Crippen molar-refractivity contribution in [3.63, 3.8) is 0 Å². The molecule has 1 saturated heterocycles. The molecule has 28 heavy (non-hydrogen) atoms. The molecule has 2 aliphatic heterocycles. The van der Waals surface area contributed by atoms with Crippen LogP contribution in [0.15, 0.2) is 45.6 Å². The van der Waals surface area contributed by atoms with Gasteiger partial charge in [-0.05, 0) is 37.8 Å². The molecule has 1 N–H and O–H groups in total. The summed E-state index contributed by atoms with van der Waals surface area (Å²) in [5, 5.41) is 12.9. The van der Waals surface area contributed by atoms with Crippen molar-refractivity contribution in [3.8, 4) is 0 Å². The number of rotatable bonds is 1. The van der Waals surface area contributed by atoms with E-state index in [1.165, 1.54) is 44.9 Å². The third-order valence-electron chi connectivity index (χ3n) is 5.37. The predicted molar refractivity (Wildman–Crippen MR) is 117 cm³/mol. The lowest BCUT2D eigenvalue weighted by atomic mass is 10.0. The van der Waals surface area contributed by atoms with E-state index in [0.29, 0.717) is 6.42 Å². The Bertz CT molecular complexity index is 676. The number of amidine groups is 1. The number of carbonyl (C=O) groups is 1. The summed E-state index contributed by atoms with van der Waals surface area (Å²) >= 11 is 1.70. The van der Waals surface area contributed by atoms with Gasteiger partial charge in [0.25, 0.3) is 0 Å². The van der Waals surface area contributed by atoms with Crippen molar-refractivity contribution in [2.75, 3.05) is 6.54 Å². The molecule has 1 aromatic carbocycles. The molecule has 1 amide bonds. The van der Waals surface area contributed by atoms with Gasteiger partial charge in [-0.1, -0.05) is 74.9 Å². The van der Waals surface area contributed by atoms with Crippen LogP contribution in [0.1, 0.15) is 77.0 Å². The lowest BCUT2D eigenvalue weighted by Crippen LogP contribution is -2.27. The number of para-hydroxylation sites is 1. The van der Waals surface area contributed by atoms with Crippen LogP contribution in [0.5, 0.6) is 0 Å². The van der Waals surface area contributed by atoms with Crippen LogP contribution in [0, 0.1) is 0 Å². The van der Waals surface area contributed by atoms with Crippen LogP contribution < -0.4 is 5.32 Å². The van der Waals surface area contributed by atoms with E-state index in [0.717, 1.165) is 43.1 Å². The number of nitrogens with zero attached hydrogens (tertiary/aromatic N) is 3. The Hall–Kier alpha value is -1.69. The van der Waals surface area contributed by atoms with E-state index >= 15 is 0 Å². The number of benzene rings is 1. The molecule has 2 heterocycles. The Labute approximate surface area is 172 Å². The highest BCUT2D eigenvalue weighted by Gasteiger charge is 2.36. The van der Waals surface area contributed by atoms with Crippen LogP contribution in [0.2, 0.25) is 0 Å². The molecule has 0 saturated carbocycles. The molecule has 1 fully saturated rings. The fourth-order valence-corrected chi connectivity index (χ4v) is 4.91. The minimum Gasteiger partial charge on any atom is -0.356 e. The summed E-state index contributed by atoms with van der Waals surface area (Å²) in [7, 11) is 0. The van der Waals surface area contributed by atoms with Gasteiger partial charge in [0, 0.05) is 13.0 Å². The van der Waals surface area contributed by atoms with Crippen molar-refractivity contribution in [2.45, 2.75) is 81.9 Å². The highest BCUT2D eigenvalue weighted by atomic mass is 32.2. The Morgan fingerprint density at radius 3 is 2.36 bits per heavy atom. The highest BCUT2D eigenvalue weighted by molar-refractivity contribution is 8.15. The standard InChI is InChI=1S/C22H32N4OS/c27-20-15-10-5-3-1-2-4-6-11-16-22(17-12-18-23-20)26-25-21(28-22)24-19-13-8-7-9-14-19/h7-9,13-14H,1-6,10-12,15-18H2,(H,23,27). The van der Waals surface area contributed by atoms with Crippen molar-refractivity contribution in [2.24, 2.45) is 15.2 Å². The molecular formula is C22H32N4OS. The summed E-state index contributed by atoms with van der Waals surface area (Å²) in [5.41, 5.74) is 0.918. The smallest absolute Gasteiger partial charge is 0.219 e. The van der Waals surface area contributed by atoms with Gasteiger partial charge in [-0.2, -0.15) is 5.11 Å². The van der Waals surface area contributed by atoms with Crippen LogP contribution in [-0.2, 0) is 4.79 Å². The van der Waals surface area contributed by atoms with Crippen molar-refractivity contribution >= 4 is 28.5 Å². The van der Waals surface area contributed by atoms with E-state index in [9.17, 15) is 4.79 Å². The van der Waals surface area contributed by atoms with E-state index in [2.05, 4.69) is 20.5 Å². The fourth-order valence-electron chi connectivity index (χ4n) is 3.76. The topological polar surface area (TPSA) is 66.2 Å². The summed E-state index contributed by atoms with van der Waals surface area (Å²) in [6.45, 7) is 0.724. The molecule has 1 aromatic rings. The van der Waals surface area contributed by atoms with Crippen LogP contribution in [0.25, 0.3) is 0 Å². The maximum Gasteiger partial charge on any atom is 0.219 e. The van der Waals surface area contributed by atoms with Gasteiger partial charge in [-0.25, -0.2) is 4.99 Å². The number of hydrogen-bond acceptors (Lipinski definition) is 4. The second-order valence-electron chi connectivity index (χ2n) is 7.76. The number of thioether (sulfide) groups is 1. The lowest BCUT2D eigenvalue weighted by Gasteiger charge is -2.23. The van der Waals surface area contributed by atoms with Gasteiger partial charge in [0.1, 0.15) is 4.87 Å². The summed E-state index contributed by atoms with van der Waals surface area (Å²) in [6.07, 6.45) is 13.3. The van der Waals surface area contributed by atoms with Crippen LogP contribution in [0.4, 0.5) is 5.69 Å². The molecule has 152 valence electrons. The molecule has 1 spiro atoms. The maximum atomic E-state index is 12.0. The Balaban J connectivity index is 1.59. The molecule has 1 unspecified atom stereocenters. The minimum absolute atomic E-state index is 0.188. The van der Waals surface area contributed by atoms with Crippen LogP contribution in [-0.4, -0.2) is 22.5 Å². The van der Waals surface area contributed by atoms with Crippen molar-refractivity contribution < 1.29 is 4.79 Å². The first kappa shape index (κ1) is 21.0. The molecule has 2 aliphatic rings. The normalized spacial score (nSPS) is 27.1. The zero-order valence-electron chi connectivity index (χ0n) is 16.7. The van der Waals surface area contributed by atoms with E-state index in [1.54, 1.807) is 11.8 Å². The highest BCUT2D eigenvalue weighted by Crippen LogP contribution is 2.43. The second-order valence-corrected chi connectivity index (χ2v) is 9.09. The summed E-state index contributed by atoms with van der Waals surface area (Å²) in [4.78, 5) is 16.4. The van der Waals surface area contributed by atoms with Crippen LogP contribution in [0.3, 0.4) is 0 Å². The first-order valence-corrected chi connectivity index (χ1v) is 11.6. The van der Waals surface area contributed by atoms with Crippen molar-refractivity contribution in [1.29, 1.82) is 0 Å². The first-order chi connectivity index (χ1) is 13.8. The number of azo groups is 1. The van der Waals surface area contributed by atoms with E-state index in [4.69, 9.17) is 0 Å². The van der Waals surface area contributed by atoms with Gasteiger partial charge in [0.2, 0.25) is 11.1 Å². The zero-order chi connectivity index (χ0) is 19.5. The quantitative estimate of drug-likeness (QED) is 0.594. The van der Waals surface area contributed by atoms with Gasteiger partial charge in [0.15, 0.2) is 0 Å². The SMILES string of the molecule is O=C1CCCCCCCCCCC2(CCCN1)N=NC(=Nc1ccccc1)S2. The minimum atomic E-state index is -0.213. The van der Waals surface area contributed by atoms with Gasteiger partial charge in [-0.15, -0.1) is 5.11 Å². The third kappa shape index (κ3) is 7.04. The Kier molecular flexibility index (Phi) is 8.52. The summed E-state index contributed by atoms with van der Waals surface area (Å²) < 4.78 is 0. The van der Waals surface area contributed by atoms with E-state index < -0.39 is 0 Å². The average Bonchev–Trinajstić information content (AvgIpc) is 3.10. The number of hydrogen-bond donors (Lipinski definition) is 1. The van der Waals surface area contributed by atoms with Gasteiger partial charge in [-0.3, -0.25) is 4.79 Å². The molecule has 1 atom stereocenters. The number of nitrogens with one attached hydrogen (secondary N) is 1. The van der Waals surface area contributed by atoms with E-state index in [-0.39, 0.29) is 10.8 Å². The molecule has 5 nitrogen and oxygen atoms in total. The summed E-state index contributed by atoms with van der Waals surface area (Å²) in [5.74, 6) is 0.188. The predicted octanol–water partition coefficient (Wildman–Crippen LogP) is 6.38. The molecule has 3 rings (SSSR count). The molecule has 6 heteroatoms. The van der Waals surface area contributed by atoms with E-state index in [1.807, 2.05) is 30.3 Å². The fraction of sp³-hybridized carbons (Fsp3) is 0.636. The monoisotopic (exact) mass is 400 g/mol. The Morgan fingerprint density at radius 1 is 0.893 bits per heavy atom. The third-order valence-corrected chi connectivity index (χ3v) is 6.59. The molecular weight excluding hydrogens is 368 g/mol. The zero-order valence-corrected chi connectivity index (χ0v) is 17.6. The molecule has 0 bridgehead atoms. The number of carbonyl (C=O) groups excluding carboxylic acids is 1. The number of aliphatic imine (C=N–C) groups is 1. The Morgan fingerprint density at radius 2 is 1.57 bits per heavy atom. The number of amides is 1. The molecule has 0 aromatic heterocycles. The first-order valence-electron chi connectivity index (χ1n) is 10.8. The van der Waals surface area contributed by atoms with Gasteiger partial charge < -0.3 is 5.32 Å².